The molecular formula is C6H5Cl2N2O4S+. The standard InChI is InChI=1S/C6H4Cl2N2O4S/c7-4-1-2-5(8)6(3-4)9-10-15(12)14-13-11/h1-3,15H/p+1. The molecule has 0 fully saturated rings. The number of hydrogen-bond acceptors (Lipinski definition) is 5. The summed E-state index contributed by atoms with van der Waals surface area (Å²) in [6, 6.07) is 4.50. The molecule has 15 heavy (non-hydrogen) atoms. The van der Waals surface area contributed by atoms with E-state index in [4.69, 9.17) is 28.5 Å². The molecule has 1 unspecified atom stereocenters. The van der Waals surface area contributed by atoms with E-state index in [0.29, 0.717) is 5.02 Å². The zero-order valence-corrected chi connectivity index (χ0v) is 9.41. The Labute approximate surface area is 96.3 Å². The molecule has 1 rings (SSSR count). The summed E-state index contributed by atoms with van der Waals surface area (Å²) in [5.41, 5.74) is 0.231. The van der Waals surface area contributed by atoms with Crippen LogP contribution in [0.4, 0.5) is 5.69 Å². The van der Waals surface area contributed by atoms with Gasteiger partial charge in [-0.2, -0.15) is 4.21 Å². The van der Waals surface area contributed by atoms with E-state index in [1.165, 1.54) is 12.1 Å². The Bertz CT molecular complexity index is 468. The number of thiol groups is 1. The topological polar surface area (TPSA) is 82.2 Å². The van der Waals surface area contributed by atoms with E-state index in [1.807, 2.05) is 0 Å². The van der Waals surface area contributed by atoms with Gasteiger partial charge in [0, 0.05) is 5.02 Å². The van der Waals surface area contributed by atoms with Crippen LogP contribution in [-0.4, -0.2) is 9.47 Å². The molecule has 0 aliphatic rings. The molecule has 0 heterocycles. The quantitative estimate of drug-likeness (QED) is 0.290. The molecule has 0 bridgehead atoms. The maximum absolute atomic E-state index is 10.7. The van der Waals surface area contributed by atoms with E-state index in [9.17, 15) is 4.21 Å². The third-order valence-electron chi connectivity index (χ3n) is 1.23. The van der Waals surface area contributed by atoms with E-state index in [2.05, 4.69) is 18.6 Å². The van der Waals surface area contributed by atoms with Crippen LogP contribution in [0.3, 0.4) is 0 Å². The van der Waals surface area contributed by atoms with Crippen molar-refractivity contribution >= 4 is 39.8 Å². The summed E-state index contributed by atoms with van der Waals surface area (Å²) < 4.78 is 17.6. The number of hydrogen-bond donors (Lipinski definition) is 2. The van der Waals surface area contributed by atoms with Gasteiger partial charge in [0.1, 0.15) is 5.11 Å². The monoisotopic (exact) mass is 271 g/mol. The fraction of sp³-hybridized carbons (Fsp3) is 0. The van der Waals surface area contributed by atoms with Gasteiger partial charge in [0.2, 0.25) is 0 Å². The summed E-state index contributed by atoms with van der Waals surface area (Å²) in [5.74, 6) is 0. The van der Waals surface area contributed by atoms with Crippen molar-refractivity contribution in [1.29, 1.82) is 0 Å². The normalized spacial score (nSPS) is 11.9. The average molecular weight is 272 g/mol. The molecular weight excluding hydrogens is 267 g/mol. The zero-order valence-electron chi connectivity index (χ0n) is 7.00. The molecule has 9 heteroatoms. The first kappa shape index (κ1) is 12.4. The maximum atomic E-state index is 10.7. The molecule has 1 N–H and O–H groups in total. The van der Waals surface area contributed by atoms with Crippen LogP contribution in [0, 0.1) is 0 Å². The second-order valence-electron chi connectivity index (χ2n) is 2.17. The van der Waals surface area contributed by atoms with Gasteiger partial charge in [-0.15, -0.1) is 0 Å². The van der Waals surface area contributed by atoms with Crippen molar-refractivity contribution in [2.75, 3.05) is 0 Å². The maximum Gasteiger partial charge on any atom is 0.443 e. The molecule has 82 valence electrons. The van der Waals surface area contributed by atoms with Gasteiger partial charge >= 0.3 is 10.9 Å². The van der Waals surface area contributed by atoms with Gasteiger partial charge in [-0.3, -0.25) is 0 Å². The van der Waals surface area contributed by atoms with Gasteiger partial charge in [0.25, 0.3) is 0 Å². The lowest BCUT2D eigenvalue weighted by atomic mass is 10.3. The molecule has 0 amide bonds. The summed E-state index contributed by atoms with van der Waals surface area (Å²) >= 11 is 11.4. The van der Waals surface area contributed by atoms with Crippen LogP contribution >= 0.6 is 23.2 Å². The second-order valence-corrected chi connectivity index (χ2v) is 3.82. The summed E-state index contributed by atoms with van der Waals surface area (Å²) in [7, 11) is -2.59. The van der Waals surface area contributed by atoms with E-state index in [0.717, 1.165) is 0 Å². The molecule has 6 nitrogen and oxygen atoms in total. The van der Waals surface area contributed by atoms with Crippen molar-refractivity contribution in [3.8, 4) is 0 Å². The first-order chi connectivity index (χ1) is 7.13. The molecule has 1 aromatic carbocycles. The van der Waals surface area contributed by atoms with Gasteiger partial charge < -0.3 is 0 Å². The Morgan fingerprint density at radius 3 is 2.87 bits per heavy atom. The predicted octanol–water partition coefficient (Wildman–Crippen LogP) is 2.15. The smallest absolute Gasteiger partial charge is 0.220 e. The van der Waals surface area contributed by atoms with Gasteiger partial charge in [-0.25, -0.2) is 5.26 Å². The highest BCUT2D eigenvalue weighted by Gasteiger charge is 2.04. The molecule has 0 saturated carbocycles. The summed E-state index contributed by atoms with van der Waals surface area (Å²) in [6.45, 7) is 0. The van der Waals surface area contributed by atoms with E-state index in [-0.39, 0.29) is 10.7 Å². The van der Waals surface area contributed by atoms with Gasteiger partial charge in [0.05, 0.1) is 5.02 Å². The number of rotatable bonds is 3. The SMILES string of the molecule is O=[SH](=[N+]=Nc1cc(Cl)ccc1Cl)OOO. The third-order valence-corrected chi connectivity index (χ3v) is 2.22. The molecule has 0 saturated heterocycles. The number of nitrogens with zero attached hydrogens (tertiary/aromatic N) is 2. The van der Waals surface area contributed by atoms with Gasteiger partial charge in [-0.05, 0) is 22.5 Å². The van der Waals surface area contributed by atoms with Gasteiger partial charge in [-0.1, -0.05) is 28.2 Å². The lowest BCUT2D eigenvalue weighted by Gasteiger charge is -1.90. The number of benzene rings is 1. The summed E-state index contributed by atoms with van der Waals surface area (Å²) in [4.78, 5) is 0. The molecule has 1 atom stereocenters. The summed E-state index contributed by atoms with van der Waals surface area (Å²) in [6.07, 6.45) is 0. The van der Waals surface area contributed by atoms with Crippen LogP contribution in [0.5, 0.6) is 0 Å². The van der Waals surface area contributed by atoms with Crippen molar-refractivity contribution in [3.63, 3.8) is 0 Å². The molecule has 0 aromatic heterocycles. The lowest BCUT2D eigenvalue weighted by molar-refractivity contribution is -0.434. The molecule has 0 aliphatic heterocycles. The van der Waals surface area contributed by atoms with Crippen LogP contribution in [0.1, 0.15) is 0 Å². The highest BCUT2D eigenvalue weighted by Crippen LogP contribution is 2.27. The Balaban J connectivity index is 3.03. The lowest BCUT2D eigenvalue weighted by Crippen LogP contribution is -1.87. The van der Waals surface area contributed by atoms with E-state index < -0.39 is 10.9 Å². The van der Waals surface area contributed by atoms with Crippen molar-refractivity contribution in [1.82, 2.24) is 4.16 Å². The zero-order chi connectivity index (χ0) is 11.3. The fourth-order valence-electron chi connectivity index (χ4n) is 0.691. The minimum absolute atomic E-state index is 0.231. The number of halogens is 2. The molecule has 0 spiro atoms. The van der Waals surface area contributed by atoms with Crippen LogP contribution in [0.25, 0.3) is 0 Å². The Kier molecular flexibility index (Phi) is 5.00. The molecule has 0 radical (unpaired) electrons. The summed E-state index contributed by atoms with van der Waals surface area (Å²) in [5, 5.41) is 15.1. The predicted molar refractivity (Wildman–Crippen MR) is 55.0 cm³/mol. The Hall–Kier alpha value is -0.660. The van der Waals surface area contributed by atoms with Crippen LogP contribution in [0.15, 0.2) is 23.3 Å². The Morgan fingerprint density at radius 1 is 1.47 bits per heavy atom. The molecule has 0 aliphatic carbocycles. The highest BCUT2D eigenvalue weighted by atomic mass is 35.5. The minimum Gasteiger partial charge on any atom is -0.220 e. The van der Waals surface area contributed by atoms with Crippen molar-refractivity contribution in [2.24, 2.45) is 5.11 Å². The van der Waals surface area contributed by atoms with Crippen molar-refractivity contribution in [3.05, 3.63) is 28.2 Å². The fourth-order valence-corrected chi connectivity index (χ4v) is 1.27. The molecule has 1 aromatic rings. The van der Waals surface area contributed by atoms with Crippen LogP contribution in [-0.2, 0) is 20.2 Å². The van der Waals surface area contributed by atoms with Crippen molar-refractivity contribution in [2.45, 2.75) is 0 Å². The largest absolute Gasteiger partial charge is 0.443 e. The van der Waals surface area contributed by atoms with E-state index in [1.54, 1.807) is 6.07 Å². The highest BCUT2D eigenvalue weighted by molar-refractivity contribution is 7.68. The second kappa shape index (κ2) is 6.04. The first-order valence-electron chi connectivity index (χ1n) is 3.45. The Morgan fingerprint density at radius 2 is 2.20 bits per heavy atom. The third kappa shape index (κ3) is 4.15. The average Bonchev–Trinajstić information content (AvgIpc) is 2.20. The minimum atomic E-state index is -2.59. The van der Waals surface area contributed by atoms with Crippen molar-refractivity contribution < 1.29 is 18.8 Å². The van der Waals surface area contributed by atoms with Crippen LogP contribution < -0.4 is 4.16 Å². The van der Waals surface area contributed by atoms with E-state index >= 15 is 0 Å². The first-order valence-corrected chi connectivity index (χ1v) is 5.34. The van der Waals surface area contributed by atoms with Crippen LogP contribution in [0.2, 0.25) is 10.0 Å². The van der Waals surface area contributed by atoms with Gasteiger partial charge in [0.15, 0.2) is 9.85 Å².